The van der Waals surface area contributed by atoms with Gasteiger partial charge < -0.3 is 10.5 Å². The van der Waals surface area contributed by atoms with Crippen molar-refractivity contribution in [2.75, 3.05) is 11.1 Å². The van der Waals surface area contributed by atoms with E-state index >= 15 is 0 Å². The smallest absolute Gasteiger partial charge is 0.413 e. The van der Waals surface area contributed by atoms with Gasteiger partial charge in [0, 0.05) is 36.0 Å². The summed E-state index contributed by atoms with van der Waals surface area (Å²) >= 11 is 6.40. The number of nitrogens with two attached hydrogens (primary N) is 1. The molecule has 0 bridgehead atoms. The second kappa shape index (κ2) is 6.85. The predicted octanol–water partition coefficient (Wildman–Crippen LogP) is 4.13. The summed E-state index contributed by atoms with van der Waals surface area (Å²) in [5.74, 6) is 2.06. The van der Waals surface area contributed by atoms with Gasteiger partial charge in [0.05, 0.1) is 11.4 Å². The predicted molar refractivity (Wildman–Crippen MR) is 104 cm³/mol. The van der Waals surface area contributed by atoms with E-state index in [4.69, 9.17) is 22.1 Å². The molecule has 1 amide bonds. The number of anilines is 2. The normalized spacial score (nSPS) is 20.8. The Balaban J connectivity index is 1.81. The van der Waals surface area contributed by atoms with Gasteiger partial charge in [-0.25, -0.2) is 23.5 Å². The number of hydrogen-bond acceptors (Lipinski definition) is 5. The highest BCUT2D eigenvalue weighted by molar-refractivity contribution is 6.31. The number of rotatable bonds is 3. The van der Waals surface area contributed by atoms with E-state index in [2.05, 4.69) is 27.1 Å². The van der Waals surface area contributed by atoms with Gasteiger partial charge in [0.25, 0.3) is 11.5 Å². The number of halogens is 3. The van der Waals surface area contributed by atoms with Gasteiger partial charge in [0.15, 0.2) is 0 Å². The van der Waals surface area contributed by atoms with Crippen LogP contribution in [0.4, 0.5) is 25.2 Å². The van der Waals surface area contributed by atoms with Crippen LogP contribution in [0.5, 0.6) is 0 Å². The minimum Gasteiger partial charge on any atom is -0.418 e. The summed E-state index contributed by atoms with van der Waals surface area (Å²) in [5.41, 5.74) is 4.56. The van der Waals surface area contributed by atoms with Crippen LogP contribution < -0.4 is 11.1 Å². The molecule has 6 nitrogen and oxygen atoms in total. The minimum absolute atomic E-state index is 0.0219. The molecule has 29 heavy (non-hydrogen) atoms. The molecule has 9 heteroatoms. The number of aromatic nitrogens is 2. The van der Waals surface area contributed by atoms with Gasteiger partial charge in [-0.15, -0.1) is 0 Å². The van der Waals surface area contributed by atoms with Crippen LogP contribution in [0.1, 0.15) is 36.6 Å². The molecule has 1 fully saturated rings. The average molecular weight is 419 g/mol. The Morgan fingerprint density at radius 2 is 2.21 bits per heavy atom. The molecule has 2 aliphatic rings. The van der Waals surface area contributed by atoms with E-state index in [1.165, 1.54) is 18.3 Å². The zero-order chi connectivity index (χ0) is 20.8. The number of nitrogen functional groups attached to an aromatic ring is 1. The number of hydrogen-bond donors (Lipinski definition) is 2. The maximum atomic E-state index is 14.7. The van der Waals surface area contributed by atoms with E-state index < -0.39 is 17.6 Å². The third-order valence-electron chi connectivity index (χ3n) is 4.80. The molecule has 1 aromatic carbocycles. The highest BCUT2D eigenvalue weighted by Gasteiger charge is 2.57. The summed E-state index contributed by atoms with van der Waals surface area (Å²) in [6, 6.07) is 4.57. The first kappa shape index (κ1) is 19.4. The van der Waals surface area contributed by atoms with Crippen LogP contribution in [0.2, 0.25) is 5.02 Å². The van der Waals surface area contributed by atoms with Crippen LogP contribution in [0.3, 0.4) is 0 Å². The summed E-state index contributed by atoms with van der Waals surface area (Å²) in [7, 11) is 0. The molecule has 1 aliphatic carbocycles. The molecular formula is C20H17ClF2N4O2. The van der Waals surface area contributed by atoms with Crippen molar-refractivity contribution in [3.63, 3.8) is 0 Å². The van der Waals surface area contributed by atoms with Crippen LogP contribution in [0, 0.1) is 17.8 Å². The number of carbonyl (C=O) groups excluding carboxylic acids is 1. The molecular weight excluding hydrogens is 402 g/mol. The van der Waals surface area contributed by atoms with Crippen LogP contribution in [-0.4, -0.2) is 22.0 Å². The first-order valence-corrected chi connectivity index (χ1v) is 9.36. The zero-order valence-electron chi connectivity index (χ0n) is 15.4. The van der Waals surface area contributed by atoms with Crippen molar-refractivity contribution in [1.29, 1.82) is 0 Å². The van der Waals surface area contributed by atoms with Gasteiger partial charge in [-0.3, -0.25) is 5.32 Å². The number of amides is 1. The summed E-state index contributed by atoms with van der Waals surface area (Å²) in [4.78, 5) is 20.1. The van der Waals surface area contributed by atoms with Crippen molar-refractivity contribution in [2.45, 2.75) is 37.7 Å². The van der Waals surface area contributed by atoms with E-state index in [1.807, 2.05) is 0 Å². The Hall–Kier alpha value is -2.92. The summed E-state index contributed by atoms with van der Waals surface area (Å²) < 4.78 is 34.6. The van der Waals surface area contributed by atoms with Crippen LogP contribution >= 0.6 is 11.6 Å². The zero-order valence-corrected chi connectivity index (χ0v) is 16.2. The van der Waals surface area contributed by atoms with E-state index in [0.29, 0.717) is 18.2 Å². The number of benzene rings is 1. The third-order valence-corrected chi connectivity index (χ3v) is 5.15. The largest absolute Gasteiger partial charge is 0.418 e. The van der Waals surface area contributed by atoms with Gasteiger partial charge in [0.1, 0.15) is 0 Å². The molecule has 150 valence electrons. The Bertz CT molecular complexity index is 1060. The van der Waals surface area contributed by atoms with Gasteiger partial charge in [0.2, 0.25) is 5.95 Å². The first-order valence-electron chi connectivity index (χ1n) is 8.99. The number of cyclic esters (lactones) is 1. The number of nitrogens with zero attached hydrogens (tertiary/aromatic N) is 2. The lowest BCUT2D eigenvalue weighted by Crippen LogP contribution is -2.50. The molecule has 1 aliphatic heterocycles. The lowest BCUT2D eigenvalue weighted by Gasteiger charge is -2.38. The first-order chi connectivity index (χ1) is 13.7. The van der Waals surface area contributed by atoms with Gasteiger partial charge in [-0.05, 0) is 42.5 Å². The summed E-state index contributed by atoms with van der Waals surface area (Å²) in [6.07, 6.45) is 2.48. The fourth-order valence-corrected chi connectivity index (χ4v) is 3.37. The number of fused-ring (bicyclic) bond motifs is 1. The second-order valence-corrected chi connectivity index (χ2v) is 7.61. The fraction of sp³-hybridized carbons (Fsp3) is 0.350. The highest BCUT2D eigenvalue weighted by Crippen LogP contribution is 2.48. The molecule has 2 aromatic rings. The number of ether oxygens (including phenoxy) is 1. The van der Waals surface area contributed by atoms with Crippen LogP contribution in [-0.2, 0) is 16.8 Å². The Labute approximate surface area is 170 Å². The molecule has 1 aromatic heterocycles. The number of nitrogens with one attached hydrogen (secondary N) is 1. The topological polar surface area (TPSA) is 90.1 Å². The second-order valence-electron chi connectivity index (χ2n) is 7.20. The third kappa shape index (κ3) is 3.70. The van der Waals surface area contributed by atoms with Crippen molar-refractivity contribution in [3.8, 4) is 11.8 Å². The SMILES string of the molecule is CC(F)(F)[C@@]1(C#CC2CC2)OC(=O)Nc2cc(Cc3ccnc(N)n3)c(Cl)cc21. The van der Waals surface area contributed by atoms with Gasteiger partial charge >= 0.3 is 6.09 Å². The summed E-state index contributed by atoms with van der Waals surface area (Å²) in [5, 5.41) is 2.70. The highest BCUT2D eigenvalue weighted by atomic mass is 35.5. The van der Waals surface area contributed by atoms with E-state index in [-0.39, 0.29) is 34.6 Å². The fourth-order valence-electron chi connectivity index (χ4n) is 3.14. The maximum absolute atomic E-state index is 14.7. The van der Waals surface area contributed by atoms with Crippen molar-refractivity contribution in [2.24, 2.45) is 5.92 Å². The average Bonchev–Trinajstić information content (AvgIpc) is 3.44. The molecule has 4 rings (SSSR count). The molecule has 0 unspecified atom stereocenters. The Morgan fingerprint density at radius 3 is 2.86 bits per heavy atom. The maximum Gasteiger partial charge on any atom is 0.413 e. The lowest BCUT2D eigenvalue weighted by molar-refractivity contribution is -0.142. The van der Waals surface area contributed by atoms with Gasteiger partial charge in [-0.1, -0.05) is 17.5 Å². The van der Waals surface area contributed by atoms with Crippen molar-refractivity contribution >= 4 is 29.3 Å². The minimum atomic E-state index is -3.45. The molecule has 3 N–H and O–H groups in total. The number of carbonyl (C=O) groups is 1. The molecule has 0 saturated heterocycles. The quantitative estimate of drug-likeness (QED) is 0.731. The van der Waals surface area contributed by atoms with Gasteiger partial charge in [-0.2, -0.15) is 0 Å². The molecule has 1 atom stereocenters. The molecule has 2 heterocycles. The molecule has 1 saturated carbocycles. The number of alkyl halides is 2. The molecule has 0 spiro atoms. The van der Waals surface area contributed by atoms with Crippen molar-refractivity contribution < 1.29 is 18.3 Å². The van der Waals surface area contributed by atoms with Crippen LogP contribution in [0.15, 0.2) is 24.4 Å². The monoisotopic (exact) mass is 418 g/mol. The van der Waals surface area contributed by atoms with E-state index in [1.54, 1.807) is 6.07 Å². The van der Waals surface area contributed by atoms with Crippen molar-refractivity contribution in [1.82, 2.24) is 9.97 Å². The van der Waals surface area contributed by atoms with E-state index in [9.17, 15) is 13.6 Å². The lowest BCUT2D eigenvalue weighted by atomic mass is 9.84. The van der Waals surface area contributed by atoms with Crippen LogP contribution in [0.25, 0.3) is 0 Å². The van der Waals surface area contributed by atoms with E-state index in [0.717, 1.165) is 12.8 Å². The summed E-state index contributed by atoms with van der Waals surface area (Å²) in [6.45, 7) is 0.683. The standard InChI is InChI=1S/C20H17ClF2N4O2/c1-19(22,23)20(6-4-11-2-3-11)14-10-15(21)12(9-16(14)27-18(28)29-20)8-13-5-7-25-17(24)26-13/h5,7,9-11H,2-3,8H2,1H3,(H,27,28)(H2,24,25,26)/t20-/m0/s1. The van der Waals surface area contributed by atoms with Crippen molar-refractivity contribution in [3.05, 3.63) is 46.2 Å². The Kier molecular flexibility index (Phi) is 4.58. The molecule has 0 radical (unpaired) electrons. The Morgan fingerprint density at radius 1 is 1.45 bits per heavy atom.